The van der Waals surface area contributed by atoms with Crippen LogP contribution in [0.5, 0.6) is 6.01 Å². The van der Waals surface area contributed by atoms with E-state index in [4.69, 9.17) is 15.2 Å². The third-order valence-electron chi connectivity index (χ3n) is 5.69. The molecule has 2 aromatic rings. The second-order valence-electron chi connectivity index (χ2n) is 7.97. The highest BCUT2D eigenvalue weighted by Gasteiger charge is 2.31. The van der Waals surface area contributed by atoms with Crippen molar-refractivity contribution in [1.29, 1.82) is 0 Å². The first kappa shape index (κ1) is 21.3. The molecule has 0 aliphatic carbocycles. The van der Waals surface area contributed by atoms with Crippen LogP contribution < -0.4 is 15.4 Å². The van der Waals surface area contributed by atoms with Crippen LogP contribution in [-0.2, 0) is 29.0 Å². The van der Waals surface area contributed by atoms with Crippen LogP contribution in [0.4, 0.5) is 11.6 Å². The molecule has 2 aliphatic rings. The lowest BCUT2D eigenvalue weighted by atomic mass is 10.0. The van der Waals surface area contributed by atoms with E-state index in [9.17, 15) is 4.79 Å². The van der Waals surface area contributed by atoms with Gasteiger partial charge in [0.05, 0.1) is 12.3 Å². The summed E-state index contributed by atoms with van der Waals surface area (Å²) in [6.45, 7) is 8.46. The molecule has 0 unspecified atom stereocenters. The smallest absolute Gasteiger partial charge is 0.320 e. The number of ketones is 1. The van der Waals surface area contributed by atoms with Crippen molar-refractivity contribution in [2.45, 2.75) is 32.4 Å². The SMILES string of the molecule is C=C1C(=O)Cc2c(N)nc(OCCOC)nc2N1Cc1cccc(CN2CCCC2)c1. The summed E-state index contributed by atoms with van der Waals surface area (Å²) in [6, 6.07) is 8.62. The number of nitrogens with zero attached hydrogens (tertiary/aromatic N) is 4. The van der Waals surface area contributed by atoms with Gasteiger partial charge in [-0.25, -0.2) is 0 Å². The normalized spacial score (nSPS) is 16.6. The van der Waals surface area contributed by atoms with Crippen molar-refractivity contribution in [3.8, 4) is 6.01 Å². The maximum atomic E-state index is 12.6. The van der Waals surface area contributed by atoms with Gasteiger partial charge < -0.3 is 20.1 Å². The van der Waals surface area contributed by atoms with E-state index >= 15 is 0 Å². The fourth-order valence-corrected chi connectivity index (χ4v) is 4.06. The van der Waals surface area contributed by atoms with Gasteiger partial charge in [0.2, 0.25) is 0 Å². The Labute approximate surface area is 182 Å². The number of anilines is 2. The maximum Gasteiger partial charge on any atom is 0.320 e. The molecule has 0 atom stereocenters. The number of Topliss-reactive ketones (excluding diaryl/α,β-unsaturated/α-hetero) is 1. The number of rotatable bonds is 8. The van der Waals surface area contributed by atoms with Crippen molar-refractivity contribution in [3.63, 3.8) is 0 Å². The largest absolute Gasteiger partial charge is 0.461 e. The van der Waals surface area contributed by atoms with Gasteiger partial charge in [0.25, 0.3) is 0 Å². The summed E-state index contributed by atoms with van der Waals surface area (Å²) in [7, 11) is 1.60. The molecular weight excluding hydrogens is 394 g/mol. The monoisotopic (exact) mass is 423 g/mol. The Morgan fingerprint density at radius 3 is 2.61 bits per heavy atom. The number of hydrogen-bond donors (Lipinski definition) is 1. The van der Waals surface area contributed by atoms with E-state index in [1.54, 1.807) is 7.11 Å². The van der Waals surface area contributed by atoms with Crippen molar-refractivity contribution in [2.24, 2.45) is 0 Å². The average Bonchev–Trinajstić information content (AvgIpc) is 3.26. The van der Waals surface area contributed by atoms with Gasteiger partial charge in [0.15, 0.2) is 5.78 Å². The van der Waals surface area contributed by atoms with Crippen LogP contribution in [0.15, 0.2) is 36.5 Å². The summed E-state index contributed by atoms with van der Waals surface area (Å²) in [6.07, 6.45) is 2.67. The minimum atomic E-state index is -0.0796. The minimum absolute atomic E-state index is 0.0796. The minimum Gasteiger partial charge on any atom is -0.461 e. The summed E-state index contributed by atoms with van der Waals surface area (Å²) in [5.41, 5.74) is 9.51. The molecule has 1 aromatic carbocycles. The van der Waals surface area contributed by atoms with Gasteiger partial charge >= 0.3 is 6.01 Å². The standard InChI is InChI=1S/C23H29N5O3/c1-16-20(29)13-19-21(24)25-23(31-11-10-30-2)26-22(19)28(16)15-18-7-5-6-17(12-18)14-27-8-3-4-9-27/h5-7,12H,1,3-4,8-11,13-15H2,2H3,(H2,24,25,26). The lowest BCUT2D eigenvalue weighted by molar-refractivity contribution is -0.115. The van der Waals surface area contributed by atoms with Gasteiger partial charge in [-0.2, -0.15) is 9.97 Å². The van der Waals surface area contributed by atoms with Crippen molar-refractivity contribution in [1.82, 2.24) is 14.9 Å². The molecule has 0 radical (unpaired) electrons. The number of aromatic nitrogens is 2. The molecule has 0 amide bonds. The van der Waals surface area contributed by atoms with Crippen molar-refractivity contribution >= 4 is 17.4 Å². The molecule has 1 aromatic heterocycles. The zero-order valence-corrected chi connectivity index (χ0v) is 18.0. The second kappa shape index (κ2) is 9.45. The van der Waals surface area contributed by atoms with Gasteiger partial charge in [-0.1, -0.05) is 30.8 Å². The number of ether oxygens (including phenoxy) is 2. The van der Waals surface area contributed by atoms with Gasteiger partial charge in [0.1, 0.15) is 18.2 Å². The van der Waals surface area contributed by atoms with Gasteiger partial charge in [-0.3, -0.25) is 9.69 Å². The van der Waals surface area contributed by atoms with E-state index in [-0.39, 0.29) is 24.0 Å². The molecular formula is C23H29N5O3. The van der Waals surface area contributed by atoms with Crippen LogP contribution in [0, 0.1) is 0 Å². The fourth-order valence-electron chi connectivity index (χ4n) is 4.06. The lowest BCUT2D eigenvalue weighted by Crippen LogP contribution is -2.34. The van der Waals surface area contributed by atoms with Crippen LogP contribution >= 0.6 is 0 Å². The molecule has 31 heavy (non-hydrogen) atoms. The molecule has 4 rings (SSSR count). The zero-order valence-electron chi connectivity index (χ0n) is 18.0. The van der Waals surface area contributed by atoms with Crippen molar-refractivity contribution in [3.05, 3.63) is 53.2 Å². The van der Waals surface area contributed by atoms with Crippen LogP contribution in [0.3, 0.4) is 0 Å². The van der Waals surface area contributed by atoms with Crippen molar-refractivity contribution in [2.75, 3.05) is 44.0 Å². The summed E-state index contributed by atoms with van der Waals surface area (Å²) in [5, 5.41) is 0. The van der Waals surface area contributed by atoms with Gasteiger partial charge in [0, 0.05) is 32.2 Å². The number of nitrogen functional groups attached to an aromatic ring is 1. The van der Waals surface area contributed by atoms with E-state index in [0.29, 0.717) is 36.8 Å². The average molecular weight is 424 g/mol. The number of allylic oxidation sites excluding steroid dienone is 1. The molecule has 1 fully saturated rings. The van der Waals surface area contributed by atoms with Gasteiger partial charge in [-0.15, -0.1) is 0 Å². The molecule has 0 bridgehead atoms. The number of benzene rings is 1. The second-order valence-corrected chi connectivity index (χ2v) is 7.97. The Hall–Kier alpha value is -2.97. The molecule has 164 valence electrons. The van der Waals surface area contributed by atoms with Crippen LogP contribution in [-0.4, -0.2) is 54.1 Å². The van der Waals surface area contributed by atoms with Crippen LogP contribution in [0.1, 0.15) is 29.5 Å². The quantitative estimate of drug-likeness (QED) is 0.511. The Morgan fingerprint density at radius 2 is 1.87 bits per heavy atom. The first-order chi connectivity index (χ1) is 15.0. The Kier molecular flexibility index (Phi) is 6.48. The third-order valence-corrected chi connectivity index (χ3v) is 5.69. The van der Waals surface area contributed by atoms with E-state index in [2.05, 4.69) is 45.7 Å². The highest BCUT2D eigenvalue weighted by Crippen LogP contribution is 2.34. The molecule has 0 spiro atoms. The first-order valence-corrected chi connectivity index (χ1v) is 10.6. The summed E-state index contributed by atoms with van der Waals surface area (Å²) in [4.78, 5) is 25.6. The zero-order chi connectivity index (χ0) is 21.8. The maximum absolute atomic E-state index is 12.6. The number of nitrogens with two attached hydrogens (primary N) is 1. The lowest BCUT2D eigenvalue weighted by Gasteiger charge is -2.31. The predicted octanol–water partition coefficient (Wildman–Crippen LogP) is 2.33. The summed E-state index contributed by atoms with van der Waals surface area (Å²) < 4.78 is 10.6. The summed E-state index contributed by atoms with van der Waals surface area (Å²) in [5.74, 6) is 0.754. The number of carbonyl (C=O) groups is 1. The highest BCUT2D eigenvalue weighted by atomic mass is 16.5. The highest BCUT2D eigenvalue weighted by molar-refractivity contribution is 6.03. The predicted molar refractivity (Wildman–Crippen MR) is 119 cm³/mol. The summed E-state index contributed by atoms with van der Waals surface area (Å²) >= 11 is 0. The molecule has 3 heterocycles. The first-order valence-electron chi connectivity index (χ1n) is 10.6. The molecule has 2 aliphatic heterocycles. The van der Waals surface area contributed by atoms with E-state index in [0.717, 1.165) is 25.2 Å². The topological polar surface area (TPSA) is 93.8 Å². The Balaban J connectivity index is 1.59. The Bertz CT molecular complexity index is 972. The van der Waals surface area contributed by atoms with Gasteiger partial charge in [-0.05, 0) is 37.1 Å². The molecule has 2 N–H and O–H groups in total. The number of hydrogen-bond acceptors (Lipinski definition) is 8. The molecule has 8 heteroatoms. The van der Waals surface area contributed by atoms with E-state index in [1.165, 1.54) is 18.4 Å². The molecule has 1 saturated heterocycles. The number of fused-ring (bicyclic) bond motifs is 1. The van der Waals surface area contributed by atoms with Crippen molar-refractivity contribution < 1.29 is 14.3 Å². The van der Waals surface area contributed by atoms with E-state index in [1.807, 2.05) is 4.90 Å². The molecule has 8 nitrogen and oxygen atoms in total. The van der Waals surface area contributed by atoms with Crippen LogP contribution in [0.2, 0.25) is 0 Å². The van der Waals surface area contributed by atoms with Crippen LogP contribution in [0.25, 0.3) is 0 Å². The van der Waals surface area contributed by atoms with E-state index < -0.39 is 0 Å². The number of methoxy groups -OCH3 is 1. The third kappa shape index (κ3) is 4.86. The number of carbonyl (C=O) groups excluding carboxylic acids is 1. The number of likely N-dealkylation sites (tertiary alicyclic amines) is 1. The fraction of sp³-hybridized carbons (Fsp3) is 0.435. The Morgan fingerprint density at radius 1 is 1.13 bits per heavy atom. The molecule has 0 saturated carbocycles.